The predicted molar refractivity (Wildman–Crippen MR) is 70.3 cm³/mol. The molecule has 1 heterocycles. The molecule has 94 valence electrons. The summed E-state index contributed by atoms with van der Waals surface area (Å²) in [5, 5.41) is 0.878. The van der Waals surface area contributed by atoms with Crippen molar-refractivity contribution in [1.82, 2.24) is 9.97 Å². The fourth-order valence-corrected chi connectivity index (χ4v) is 2.43. The molecule has 0 amide bonds. The third-order valence-corrected chi connectivity index (χ3v) is 3.47. The third kappa shape index (κ3) is 3.37. The van der Waals surface area contributed by atoms with Crippen LogP contribution in [0.5, 0.6) is 0 Å². The van der Waals surface area contributed by atoms with E-state index in [-0.39, 0.29) is 5.97 Å². The minimum Gasteiger partial charge on any atom is -0.469 e. The van der Waals surface area contributed by atoms with Crippen LogP contribution in [0.15, 0.2) is 41.8 Å². The Hall–Kier alpha value is -1.75. The van der Waals surface area contributed by atoms with Gasteiger partial charge in [0.15, 0.2) is 5.16 Å². The van der Waals surface area contributed by atoms with E-state index in [4.69, 9.17) is 4.74 Å². The van der Waals surface area contributed by atoms with Gasteiger partial charge in [-0.1, -0.05) is 36.0 Å². The zero-order chi connectivity index (χ0) is 12.8. The van der Waals surface area contributed by atoms with Gasteiger partial charge in [0.1, 0.15) is 0 Å². The fraction of sp³-hybridized carbons (Fsp3) is 0.231. The molecule has 0 fully saturated rings. The van der Waals surface area contributed by atoms with Crippen LogP contribution in [0.2, 0.25) is 0 Å². The number of carbonyl (C=O) groups is 1. The van der Waals surface area contributed by atoms with E-state index in [1.54, 1.807) is 24.2 Å². The average molecular weight is 262 g/mol. The fourth-order valence-electron chi connectivity index (χ4n) is 1.57. The predicted octanol–water partition coefficient (Wildman–Crippen LogP) is 2.42. The number of imidazole rings is 1. The summed E-state index contributed by atoms with van der Waals surface area (Å²) in [6.45, 7) is 0. The lowest BCUT2D eigenvalue weighted by atomic mass is 10.1. The number of rotatable bonds is 5. The van der Waals surface area contributed by atoms with E-state index in [0.717, 1.165) is 22.0 Å². The molecule has 1 N–H and O–H groups in total. The van der Waals surface area contributed by atoms with Crippen molar-refractivity contribution in [1.29, 1.82) is 0 Å². The summed E-state index contributed by atoms with van der Waals surface area (Å²) in [4.78, 5) is 18.5. The Morgan fingerprint density at radius 1 is 1.39 bits per heavy atom. The minimum absolute atomic E-state index is 0.217. The number of carbonyl (C=O) groups excluding carboxylic acids is 1. The normalized spacial score (nSPS) is 10.3. The lowest BCUT2D eigenvalue weighted by molar-refractivity contribution is -0.139. The average Bonchev–Trinajstić information content (AvgIpc) is 2.91. The summed E-state index contributed by atoms with van der Waals surface area (Å²) in [6, 6.07) is 7.88. The van der Waals surface area contributed by atoms with Gasteiger partial charge in [0.05, 0.1) is 13.5 Å². The molecule has 0 saturated carbocycles. The molecule has 0 bridgehead atoms. The van der Waals surface area contributed by atoms with Crippen molar-refractivity contribution >= 4 is 17.7 Å². The molecule has 0 spiro atoms. The van der Waals surface area contributed by atoms with Gasteiger partial charge in [0.2, 0.25) is 0 Å². The lowest BCUT2D eigenvalue weighted by Crippen LogP contribution is -2.06. The highest BCUT2D eigenvalue weighted by Crippen LogP contribution is 2.21. The molecule has 0 aliphatic heterocycles. The van der Waals surface area contributed by atoms with Gasteiger partial charge < -0.3 is 9.72 Å². The Bertz CT molecular complexity index is 511. The Kier molecular flexibility index (Phi) is 4.41. The quantitative estimate of drug-likeness (QED) is 0.664. The molecule has 4 nitrogen and oxygen atoms in total. The van der Waals surface area contributed by atoms with Gasteiger partial charge in [0, 0.05) is 18.1 Å². The van der Waals surface area contributed by atoms with Gasteiger partial charge in [0.25, 0.3) is 0 Å². The number of ether oxygens (including phenoxy) is 1. The van der Waals surface area contributed by atoms with Crippen molar-refractivity contribution in [2.75, 3.05) is 7.11 Å². The summed E-state index contributed by atoms with van der Waals surface area (Å²) in [5.74, 6) is 0.561. The third-order valence-electron chi connectivity index (χ3n) is 2.52. The topological polar surface area (TPSA) is 55.0 Å². The number of hydrogen-bond acceptors (Lipinski definition) is 4. The summed E-state index contributed by atoms with van der Waals surface area (Å²) < 4.78 is 4.70. The first-order chi connectivity index (χ1) is 8.79. The molecule has 1 aromatic heterocycles. The van der Waals surface area contributed by atoms with Gasteiger partial charge in [-0.3, -0.25) is 4.79 Å². The van der Waals surface area contributed by atoms with Crippen LogP contribution < -0.4 is 0 Å². The second-order valence-electron chi connectivity index (χ2n) is 3.70. The molecule has 0 saturated heterocycles. The lowest BCUT2D eigenvalue weighted by Gasteiger charge is -2.07. The van der Waals surface area contributed by atoms with Crippen LogP contribution in [0, 0.1) is 0 Å². The number of benzene rings is 1. The zero-order valence-electron chi connectivity index (χ0n) is 10.1. The number of esters is 1. The van der Waals surface area contributed by atoms with Gasteiger partial charge >= 0.3 is 5.97 Å². The monoisotopic (exact) mass is 262 g/mol. The molecule has 18 heavy (non-hydrogen) atoms. The maximum Gasteiger partial charge on any atom is 0.309 e. The first kappa shape index (κ1) is 12.7. The maximum atomic E-state index is 11.3. The molecule has 2 rings (SSSR count). The first-order valence-electron chi connectivity index (χ1n) is 5.55. The van der Waals surface area contributed by atoms with E-state index in [0.29, 0.717) is 6.42 Å². The molecule has 0 aliphatic carbocycles. The van der Waals surface area contributed by atoms with E-state index in [9.17, 15) is 4.79 Å². The Balaban J connectivity index is 2.05. The molecule has 0 radical (unpaired) electrons. The number of hydrogen-bond donors (Lipinski definition) is 1. The van der Waals surface area contributed by atoms with Crippen molar-refractivity contribution in [2.24, 2.45) is 0 Å². The summed E-state index contributed by atoms with van der Waals surface area (Å²) in [6.07, 6.45) is 3.83. The molecular formula is C13H14N2O2S. The number of nitrogens with zero attached hydrogens (tertiary/aromatic N) is 1. The molecule has 5 heteroatoms. The van der Waals surface area contributed by atoms with Gasteiger partial charge in [-0.2, -0.15) is 0 Å². The molecule has 2 aromatic rings. The largest absolute Gasteiger partial charge is 0.469 e. The van der Waals surface area contributed by atoms with E-state index in [1.165, 1.54) is 7.11 Å². The highest BCUT2D eigenvalue weighted by molar-refractivity contribution is 7.98. The van der Waals surface area contributed by atoms with E-state index in [1.807, 2.05) is 24.3 Å². The molecular weight excluding hydrogens is 248 g/mol. The van der Waals surface area contributed by atoms with E-state index < -0.39 is 0 Å². The number of thioether (sulfide) groups is 1. The molecule has 1 aromatic carbocycles. The summed E-state index contributed by atoms with van der Waals surface area (Å²) in [5.41, 5.74) is 2.13. The maximum absolute atomic E-state index is 11.3. The zero-order valence-corrected chi connectivity index (χ0v) is 10.9. The van der Waals surface area contributed by atoms with Crippen molar-refractivity contribution in [3.8, 4) is 0 Å². The SMILES string of the molecule is COC(=O)Cc1ccccc1CSc1ncc[nH]1. The van der Waals surface area contributed by atoms with E-state index >= 15 is 0 Å². The number of methoxy groups -OCH3 is 1. The highest BCUT2D eigenvalue weighted by Gasteiger charge is 2.08. The van der Waals surface area contributed by atoms with Gasteiger partial charge in [-0.15, -0.1) is 0 Å². The molecule has 0 aliphatic rings. The van der Waals surface area contributed by atoms with Crippen molar-refractivity contribution in [2.45, 2.75) is 17.3 Å². The number of aromatic nitrogens is 2. The van der Waals surface area contributed by atoms with E-state index in [2.05, 4.69) is 9.97 Å². The first-order valence-corrected chi connectivity index (χ1v) is 6.54. The Labute approximate surface area is 110 Å². The number of H-pyrrole nitrogens is 1. The standard InChI is InChI=1S/C13H14N2O2S/c1-17-12(16)8-10-4-2-3-5-11(10)9-18-13-14-6-7-15-13/h2-7H,8-9H2,1H3,(H,14,15). The number of nitrogens with one attached hydrogen (secondary N) is 1. The van der Waals surface area contributed by atoms with Gasteiger partial charge in [-0.05, 0) is 11.1 Å². The van der Waals surface area contributed by atoms with Crippen molar-refractivity contribution in [3.63, 3.8) is 0 Å². The summed E-state index contributed by atoms with van der Waals surface area (Å²) in [7, 11) is 1.41. The van der Waals surface area contributed by atoms with Crippen LogP contribution in [0.1, 0.15) is 11.1 Å². The second-order valence-corrected chi connectivity index (χ2v) is 4.67. The van der Waals surface area contributed by atoms with Crippen LogP contribution in [0.4, 0.5) is 0 Å². The van der Waals surface area contributed by atoms with Crippen molar-refractivity contribution < 1.29 is 9.53 Å². The smallest absolute Gasteiger partial charge is 0.309 e. The Morgan fingerprint density at radius 3 is 2.83 bits per heavy atom. The highest BCUT2D eigenvalue weighted by atomic mass is 32.2. The van der Waals surface area contributed by atoms with Crippen molar-refractivity contribution in [3.05, 3.63) is 47.8 Å². The van der Waals surface area contributed by atoms with Gasteiger partial charge in [-0.25, -0.2) is 4.98 Å². The summed E-state index contributed by atoms with van der Waals surface area (Å²) >= 11 is 1.61. The van der Waals surface area contributed by atoms with Crippen LogP contribution in [0.3, 0.4) is 0 Å². The Morgan fingerprint density at radius 2 is 2.17 bits per heavy atom. The second kappa shape index (κ2) is 6.26. The van der Waals surface area contributed by atoms with Crippen LogP contribution in [-0.2, 0) is 21.7 Å². The van der Waals surface area contributed by atoms with Crippen LogP contribution >= 0.6 is 11.8 Å². The number of aromatic amines is 1. The van der Waals surface area contributed by atoms with Crippen LogP contribution in [0.25, 0.3) is 0 Å². The molecule has 0 atom stereocenters. The minimum atomic E-state index is -0.217. The molecule has 0 unspecified atom stereocenters. The van der Waals surface area contributed by atoms with Crippen LogP contribution in [-0.4, -0.2) is 23.0 Å².